The summed E-state index contributed by atoms with van der Waals surface area (Å²) in [5, 5.41) is 0. The van der Waals surface area contributed by atoms with E-state index in [1.165, 1.54) is 50.5 Å². The van der Waals surface area contributed by atoms with Gasteiger partial charge in [0.25, 0.3) is 0 Å². The van der Waals surface area contributed by atoms with E-state index in [-0.39, 0.29) is 12.4 Å². The van der Waals surface area contributed by atoms with Crippen LogP contribution in [-0.4, -0.2) is 0 Å². The van der Waals surface area contributed by atoms with E-state index in [4.69, 9.17) is 0 Å². The fourth-order valence-electron chi connectivity index (χ4n) is 2.41. The van der Waals surface area contributed by atoms with Crippen LogP contribution >= 0.6 is 25.0 Å². The number of halogens is 1. The number of hydrogen-bond acceptors (Lipinski definition) is 1. The van der Waals surface area contributed by atoms with Gasteiger partial charge in [-0.3, -0.25) is 0 Å². The van der Waals surface area contributed by atoms with Gasteiger partial charge in [0.1, 0.15) is 0 Å². The van der Waals surface area contributed by atoms with Crippen molar-refractivity contribution in [3.05, 3.63) is 29.8 Å². The second-order valence-electron chi connectivity index (χ2n) is 4.87. The third-order valence-electron chi connectivity index (χ3n) is 3.53. The fourth-order valence-corrected chi connectivity index (χ4v) is 2.75. The van der Waals surface area contributed by atoms with Crippen LogP contribution in [0.1, 0.15) is 70.3 Å². The molecule has 0 aliphatic carbocycles. The van der Waals surface area contributed by atoms with Crippen LogP contribution in [0.25, 0.3) is 0 Å². The number of hydrogen-bond donors (Lipinski definition) is 1. The number of benzene rings is 1. The molecule has 0 amide bonds. The smallest absolute Gasteiger partial charge is 0.00748 e. The molecule has 104 valence electrons. The number of rotatable bonds is 8. The van der Waals surface area contributed by atoms with Crippen LogP contribution in [0, 0.1) is 0 Å². The van der Waals surface area contributed by atoms with Crippen molar-refractivity contribution in [1.29, 1.82) is 0 Å². The van der Waals surface area contributed by atoms with Gasteiger partial charge in [-0.1, -0.05) is 64.2 Å². The molecular weight excluding hydrogens is 260 g/mol. The van der Waals surface area contributed by atoms with Gasteiger partial charge in [-0.05, 0) is 30.4 Å². The Balaban J connectivity index is 0.00000289. The van der Waals surface area contributed by atoms with Crippen LogP contribution in [-0.2, 0) is 0 Å². The van der Waals surface area contributed by atoms with Crippen molar-refractivity contribution in [2.45, 2.75) is 69.6 Å². The molecule has 0 nitrogen and oxygen atoms in total. The molecule has 1 unspecified atom stereocenters. The fraction of sp³-hybridized carbons (Fsp3) is 0.625. The molecule has 0 saturated carbocycles. The predicted molar refractivity (Wildman–Crippen MR) is 87.4 cm³/mol. The van der Waals surface area contributed by atoms with Gasteiger partial charge in [0.05, 0.1) is 0 Å². The van der Waals surface area contributed by atoms with Gasteiger partial charge in [0, 0.05) is 4.90 Å². The Kier molecular flexibility index (Phi) is 10.7. The molecule has 1 aromatic rings. The largest absolute Gasteiger partial charge is 0.147 e. The molecule has 1 aromatic carbocycles. The van der Waals surface area contributed by atoms with E-state index in [0.717, 1.165) is 4.90 Å². The van der Waals surface area contributed by atoms with E-state index in [0.29, 0.717) is 5.92 Å². The Bertz CT molecular complexity index is 312. The van der Waals surface area contributed by atoms with Gasteiger partial charge in [-0.2, -0.15) is 0 Å². The molecule has 0 aliphatic rings. The Morgan fingerprint density at radius 3 is 2.28 bits per heavy atom. The molecule has 1 atom stereocenters. The van der Waals surface area contributed by atoms with Crippen LogP contribution in [0.3, 0.4) is 0 Å². The van der Waals surface area contributed by atoms with Gasteiger partial charge in [-0.15, -0.1) is 25.0 Å². The monoisotopic (exact) mass is 286 g/mol. The highest BCUT2D eigenvalue weighted by Gasteiger charge is 2.11. The molecule has 0 aromatic heterocycles. The van der Waals surface area contributed by atoms with Crippen molar-refractivity contribution in [1.82, 2.24) is 0 Å². The molecule has 0 fully saturated rings. The Morgan fingerprint density at radius 1 is 1.00 bits per heavy atom. The van der Waals surface area contributed by atoms with Crippen molar-refractivity contribution in [3.8, 4) is 0 Å². The molecule has 0 saturated heterocycles. The predicted octanol–water partition coefficient (Wildman–Crippen LogP) is 6.25. The Hall–Kier alpha value is -0.140. The molecule has 0 radical (unpaired) electrons. The zero-order valence-electron chi connectivity index (χ0n) is 11.7. The first-order valence-electron chi connectivity index (χ1n) is 7.07. The highest BCUT2D eigenvalue weighted by atomic mass is 35.5. The van der Waals surface area contributed by atoms with E-state index in [1.54, 1.807) is 0 Å². The minimum absolute atomic E-state index is 0. The zero-order valence-corrected chi connectivity index (χ0v) is 13.4. The van der Waals surface area contributed by atoms with Crippen molar-refractivity contribution in [2.24, 2.45) is 0 Å². The van der Waals surface area contributed by atoms with Gasteiger partial charge < -0.3 is 0 Å². The second kappa shape index (κ2) is 10.8. The van der Waals surface area contributed by atoms with Gasteiger partial charge in [0.2, 0.25) is 0 Å². The summed E-state index contributed by atoms with van der Waals surface area (Å²) in [5.74, 6) is 0.699. The lowest BCUT2D eigenvalue weighted by Crippen LogP contribution is -1.98. The van der Waals surface area contributed by atoms with Crippen LogP contribution in [0.4, 0.5) is 0 Å². The molecule has 0 aliphatic heterocycles. The summed E-state index contributed by atoms with van der Waals surface area (Å²) in [7, 11) is 0. The van der Waals surface area contributed by atoms with Crippen LogP contribution in [0.5, 0.6) is 0 Å². The Labute approximate surface area is 124 Å². The number of thiol groups is 1. The molecule has 0 N–H and O–H groups in total. The summed E-state index contributed by atoms with van der Waals surface area (Å²) >= 11 is 4.57. The average molecular weight is 287 g/mol. The molecule has 1 rings (SSSR count). The summed E-state index contributed by atoms with van der Waals surface area (Å²) in [4.78, 5) is 1.16. The highest BCUT2D eigenvalue weighted by Crippen LogP contribution is 2.30. The van der Waals surface area contributed by atoms with Crippen LogP contribution in [0.2, 0.25) is 0 Å². The van der Waals surface area contributed by atoms with E-state index >= 15 is 0 Å². The molecule has 0 bridgehead atoms. The van der Waals surface area contributed by atoms with E-state index < -0.39 is 0 Å². The average Bonchev–Trinajstić information content (AvgIpc) is 2.35. The van der Waals surface area contributed by atoms with Gasteiger partial charge in [-0.25, -0.2) is 0 Å². The summed E-state index contributed by atoms with van der Waals surface area (Å²) < 4.78 is 0. The van der Waals surface area contributed by atoms with E-state index in [1.807, 2.05) is 0 Å². The zero-order chi connectivity index (χ0) is 12.5. The van der Waals surface area contributed by atoms with Gasteiger partial charge >= 0.3 is 0 Å². The normalized spacial score (nSPS) is 11.9. The molecule has 0 spiro atoms. The van der Waals surface area contributed by atoms with Crippen molar-refractivity contribution in [3.63, 3.8) is 0 Å². The minimum atomic E-state index is 0. The standard InChI is InChI=1S/C16H26S.ClH/c1-3-5-6-7-8-11-14(4-2)15-12-9-10-13-16(15)17;/h9-10,12-14,17H,3-8,11H2,1-2H3;1H. The first kappa shape index (κ1) is 17.9. The maximum Gasteiger partial charge on any atom is 0.00748 e. The van der Waals surface area contributed by atoms with Crippen molar-refractivity contribution >= 4 is 25.0 Å². The first-order chi connectivity index (χ1) is 8.29. The van der Waals surface area contributed by atoms with Crippen LogP contribution < -0.4 is 0 Å². The molecule has 0 heterocycles. The Morgan fingerprint density at radius 2 is 1.67 bits per heavy atom. The van der Waals surface area contributed by atoms with Crippen molar-refractivity contribution < 1.29 is 0 Å². The summed E-state index contributed by atoms with van der Waals surface area (Å²) in [6.45, 7) is 4.56. The lowest BCUT2D eigenvalue weighted by atomic mass is 9.91. The minimum Gasteiger partial charge on any atom is -0.147 e. The summed E-state index contributed by atoms with van der Waals surface area (Å²) in [6, 6.07) is 8.55. The quantitative estimate of drug-likeness (QED) is 0.424. The molecule has 18 heavy (non-hydrogen) atoms. The maximum absolute atomic E-state index is 4.57. The lowest BCUT2D eigenvalue weighted by molar-refractivity contribution is 0.530. The van der Waals surface area contributed by atoms with E-state index in [2.05, 4.69) is 50.7 Å². The third-order valence-corrected chi connectivity index (χ3v) is 3.93. The maximum atomic E-state index is 4.57. The third kappa shape index (κ3) is 6.15. The van der Waals surface area contributed by atoms with Crippen molar-refractivity contribution in [2.75, 3.05) is 0 Å². The molecule has 2 heteroatoms. The second-order valence-corrected chi connectivity index (χ2v) is 5.35. The first-order valence-corrected chi connectivity index (χ1v) is 7.52. The van der Waals surface area contributed by atoms with Crippen LogP contribution in [0.15, 0.2) is 29.2 Å². The number of unbranched alkanes of at least 4 members (excludes halogenated alkanes) is 4. The molecular formula is C16H27ClS. The van der Waals surface area contributed by atoms with Gasteiger partial charge in [0.15, 0.2) is 0 Å². The highest BCUT2D eigenvalue weighted by molar-refractivity contribution is 7.80. The lowest BCUT2D eigenvalue weighted by Gasteiger charge is -2.17. The summed E-state index contributed by atoms with van der Waals surface area (Å²) in [6.07, 6.45) is 9.41. The topological polar surface area (TPSA) is 0 Å². The SMILES string of the molecule is CCCCCCCC(CC)c1ccccc1S.Cl. The summed E-state index contributed by atoms with van der Waals surface area (Å²) in [5.41, 5.74) is 1.44. The van der Waals surface area contributed by atoms with E-state index in [9.17, 15) is 0 Å².